The number of esters is 1. The second-order valence-electron chi connectivity index (χ2n) is 5.95. The molecule has 0 saturated heterocycles. The number of phenols is 1. The third-order valence-electron chi connectivity index (χ3n) is 2.69. The molecule has 3 N–H and O–H groups in total. The highest BCUT2D eigenvalue weighted by Crippen LogP contribution is 2.22. The summed E-state index contributed by atoms with van der Waals surface area (Å²) in [5, 5.41) is 22.0. The largest absolute Gasteiger partial charge is 0.508 e. The Balaban J connectivity index is 2.36. The van der Waals surface area contributed by atoms with Crippen molar-refractivity contribution in [2.45, 2.75) is 39.2 Å². The van der Waals surface area contributed by atoms with Gasteiger partial charge < -0.3 is 24.4 Å². The van der Waals surface area contributed by atoms with Crippen LogP contribution in [0.3, 0.4) is 0 Å². The number of aliphatic hydroxyl groups excluding tert-OH is 1. The fourth-order valence-electron chi connectivity index (χ4n) is 1.77. The van der Waals surface area contributed by atoms with E-state index in [1.165, 1.54) is 25.3 Å². The summed E-state index contributed by atoms with van der Waals surface area (Å²) in [7, 11) is 1.27. The van der Waals surface area contributed by atoms with Gasteiger partial charge in [0.15, 0.2) is 0 Å². The molecule has 7 nitrogen and oxygen atoms in total. The molecule has 1 atom stereocenters. The van der Waals surface area contributed by atoms with E-state index in [0.29, 0.717) is 25.3 Å². The second kappa shape index (κ2) is 8.71. The summed E-state index contributed by atoms with van der Waals surface area (Å²) < 4.78 is 15.4. The number of rotatable bonds is 8. The fourth-order valence-corrected chi connectivity index (χ4v) is 1.77. The minimum Gasteiger partial charge on any atom is -0.508 e. The van der Waals surface area contributed by atoms with Crippen LogP contribution in [0.5, 0.6) is 11.5 Å². The summed E-state index contributed by atoms with van der Waals surface area (Å²) in [5.41, 5.74) is -0.219. The van der Waals surface area contributed by atoms with Crippen molar-refractivity contribution in [1.29, 1.82) is 0 Å². The van der Waals surface area contributed by atoms with Gasteiger partial charge in [-0.15, -0.1) is 0 Å². The molecule has 0 heterocycles. The Bertz CT molecular complexity index is 512. The minimum atomic E-state index is -1.04. The first-order valence-electron chi connectivity index (χ1n) is 7.36. The smallest absolute Gasteiger partial charge is 0.338 e. The van der Waals surface area contributed by atoms with E-state index in [0.717, 1.165) is 0 Å². The van der Waals surface area contributed by atoms with E-state index in [4.69, 9.17) is 9.47 Å². The average molecular weight is 327 g/mol. The van der Waals surface area contributed by atoms with Crippen LogP contribution in [-0.4, -0.2) is 48.5 Å². The van der Waals surface area contributed by atoms with Gasteiger partial charge in [0.05, 0.1) is 24.9 Å². The van der Waals surface area contributed by atoms with Crippen LogP contribution in [0.2, 0.25) is 0 Å². The Hall–Kier alpha value is -1.83. The Labute approximate surface area is 136 Å². The number of phenolic OH excluding ortho intramolecular Hbond substituents is 1. The monoisotopic (exact) mass is 327 g/mol. The first-order chi connectivity index (χ1) is 10.7. The standard InChI is InChI=1S/C16H25NO6/c1-16(2,3)23-15(20)17-6-5-7-22-13-9-11(14(19)21-4)8-12(18)10-13/h8-10,15,17-18,20H,5-7H2,1-4H3. The number of hydrogen-bond acceptors (Lipinski definition) is 7. The molecular weight excluding hydrogens is 302 g/mol. The van der Waals surface area contributed by atoms with Crippen LogP contribution in [0.25, 0.3) is 0 Å². The van der Waals surface area contributed by atoms with Crippen LogP contribution in [-0.2, 0) is 9.47 Å². The van der Waals surface area contributed by atoms with Crippen LogP contribution in [0.15, 0.2) is 18.2 Å². The summed E-state index contributed by atoms with van der Waals surface area (Å²) in [6.45, 7) is 6.38. The van der Waals surface area contributed by atoms with Gasteiger partial charge in [-0.2, -0.15) is 0 Å². The Morgan fingerprint density at radius 3 is 2.61 bits per heavy atom. The maximum absolute atomic E-state index is 11.4. The topological polar surface area (TPSA) is 97.3 Å². The highest BCUT2D eigenvalue weighted by atomic mass is 16.6. The number of methoxy groups -OCH3 is 1. The van der Waals surface area contributed by atoms with E-state index < -0.39 is 18.0 Å². The molecule has 1 aromatic rings. The van der Waals surface area contributed by atoms with Crippen molar-refractivity contribution >= 4 is 5.97 Å². The average Bonchev–Trinajstić information content (AvgIpc) is 2.43. The van der Waals surface area contributed by atoms with E-state index >= 15 is 0 Å². The third-order valence-corrected chi connectivity index (χ3v) is 2.69. The number of aliphatic hydroxyl groups is 1. The lowest BCUT2D eigenvalue weighted by Gasteiger charge is -2.24. The molecule has 0 radical (unpaired) electrons. The van der Waals surface area contributed by atoms with Crippen molar-refractivity contribution in [3.05, 3.63) is 23.8 Å². The van der Waals surface area contributed by atoms with Crippen molar-refractivity contribution in [1.82, 2.24) is 5.32 Å². The van der Waals surface area contributed by atoms with Crippen molar-refractivity contribution in [3.8, 4) is 11.5 Å². The van der Waals surface area contributed by atoms with Crippen molar-refractivity contribution in [2.24, 2.45) is 0 Å². The maximum Gasteiger partial charge on any atom is 0.338 e. The van der Waals surface area contributed by atoms with Gasteiger partial charge in [-0.25, -0.2) is 4.79 Å². The lowest BCUT2D eigenvalue weighted by molar-refractivity contribution is -0.181. The fraction of sp³-hybridized carbons (Fsp3) is 0.562. The van der Waals surface area contributed by atoms with E-state index in [9.17, 15) is 15.0 Å². The van der Waals surface area contributed by atoms with Crippen LogP contribution in [0.1, 0.15) is 37.6 Å². The highest BCUT2D eigenvalue weighted by Gasteiger charge is 2.15. The molecule has 7 heteroatoms. The second-order valence-corrected chi connectivity index (χ2v) is 5.95. The van der Waals surface area contributed by atoms with Crippen molar-refractivity contribution in [2.75, 3.05) is 20.3 Å². The van der Waals surface area contributed by atoms with Gasteiger partial charge in [-0.1, -0.05) is 0 Å². The number of ether oxygens (including phenoxy) is 3. The number of carbonyl (C=O) groups is 1. The lowest BCUT2D eigenvalue weighted by Crippen LogP contribution is -2.38. The van der Waals surface area contributed by atoms with Gasteiger partial charge in [0.1, 0.15) is 11.5 Å². The number of hydrogen-bond donors (Lipinski definition) is 3. The normalized spacial score (nSPS) is 12.7. The van der Waals surface area contributed by atoms with Gasteiger partial charge in [0.2, 0.25) is 6.41 Å². The van der Waals surface area contributed by atoms with Gasteiger partial charge in [0, 0.05) is 12.6 Å². The summed E-state index contributed by atoms with van der Waals surface area (Å²) in [6, 6.07) is 4.22. The molecular formula is C16H25NO6. The van der Waals surface area contributed by atoms with Gasteiger partial charge in [0.25, 0.3) is 0 Å². The lowest BCUT2D eigenvalue weighted by atomic mass is 10.2. The van der Waals surface area contributed by atoms with Crippen molar-refractivity contribution in [3.63, 3.8) is 0 Å². The number of nitrogens with one attached hydrogen (secondary N) is 1. The molecule has 0 saturated carbocycles. The Kier molecular flexibility index (Phi) is 7.28. The molecule has 130 valence electrons. The van der Waals surface area contributed by atoms with Crippen LogP contribution < -0.4 is 10.1 Å². The molecule has 0 aromatic heterocycles. The molecule has 0 aliphatic rings. The summed E-state index contributed by atoms with van der Waals surface area (Å²) in [6.07, 6.45) is -0.435. The molecule has 0 aliphatic heterocycles. The molecule has 0 spiro atoms. The van der Waals surface area contributed by atoms with E-state index in [1.54, 1.807) is 0 Å². The summed E-state index contributed by atoms with van der Waals surface area (Å²) in [5.74, 6) is -0.248. The first-order valence-corrected chi connectivity index (χ1v) is 7.36. The number of benzene rings is 1. The molecule has 0 fully saturated rings. The van der Waals surface area contributed by atoms with Crippen molar-refractivity contribution < 1.29 is 29.2 Å². The van der Waals surface area contributed by atoms with Gasteiger partial charge in [-0.3, -0.25) is 5.32 Å². The molecule has 0 amide bonds. The highest BCUT2D eigenvalue weighted by molar-refractivity contribution is 5.90. The Morgan fingerprint density at radius 2 is 2.00 bits per heavy atom. The van der Waals surface area contributed by atoms with Crippen LogP contribution >= 0.6 is 0 Å². The van der Waals surface area contributed by atoms with Crippen LogP contribution in [0.4, 0.5) is 0 Å². The molecule has 1 aromatic carbocycles. The van der Waals surface area contributed by atoms with E-state index in [1.807, 2.05) is 20.8 Å². The molecule has 0 aliphatic carbocycles. The Morgan fingerprint density at radius 1 is 1.30 bits per heavy atom. The maximum atomic E-state index is 11.4. The predicted octanol–water partition coefficient (Wildman–Crippen LogP) is 1.63. The molecule has 1 unspecified atom stereocenters. The zero-order chi connectivity index (χ0) is 17.5. The summed E-state index contributed by atoms with van der Waals surface area (Å²) >= 11 is 0. The zero-order valence-electron chi connectivity index (χ0n) is 14.0. The molecule has 0 bridgehead atoms. The van der Waals surface area contributed by atoms with Gasteiger partial charge in [-0.05, 0) is 39.3 Å². The molecule has 23 heavy (non-hydrogen) atoms. The zero-order valence-corrected chi connectivity index (χ0v) is 14.0. The third kappa shape index (κ3) is 7.83. The number of aromatic hydroxyl groups is 1. The summed E-state index contributed by atoms with van der Waals surface area (Å²) in [4.78, 5) is 11.4. The predicted molar refractivity (Wildman–Crippen MR) is 84.4 cm³/mol. The van der Waals surface area contributed by atoms with Crippen LogP contribution in [0, 0.1) is 0 Å². The minimum absolute atomic E-state index is 0.0741. The quantitative estimate of drug-likeness (QED) is 0.379. The first kappa shape index (κ1) is 19.2. The van der Waals surface area contributed by atoms with E-state index in [2.05, 4.69) is 10.1 Å². The SMILES string of the molecule is COC(=O)c1cc(O)cc(OCCCNC(O)OC(C)(C)C)c1. The van der Waals surface area contributed by atoms with Gasteiger partial charge >= 0.3 is 5.97 Å². The molecule has 1 rings (SSSR count). The number of carbonyl (C=O) groups excluding carboxylic acids is 1. The van der Waals surface area contributed by atoms with E-state index in [-0.39, 0.29) is 11.3 Å².